The summed E-state index contributed by atoms with van der Waals surface area (Å²) in [6, 6.07) is 28.1. The highest BCUT2D eigenvalue weighted by Crippen LogP contribution is 2.35. The third-order valence-electron chi connectivity index (χ3n) is 5.59. The first-order valence-corrected chi connectivity index (χ1v) is 11.0. The SMILES string of the molecule is NC(=O)c1cccc2c1c1ccc(-c3ccc(Cl)cc3)cc1n2Cc1ccc(Br)cc1. The number of halogens is 2. The summed E-state index contributed by atoms with van der Waals surface area (Å²) >= 11 is 9.57. The number of nitrogens with two attached hydrogens (primary N) is 1. The van der Waals surface area contributed by atoms with E-state index < -0.39 is 5.91 Å². The van der Waals surface area contributed by atoms with Crippen LogP contribution in [0.3, 0.4) is 0 Å². The molecule has 4 aromatic carbocycles. The van der Waals surface area contributed by atoms with E-state index in [1.165, 1.54) is 5.56 Å². The van der Waals surface area contributed by atoms with Crippen LogP contribution in [-0.2, 0) is 6.54 Å². The molecular weight excluding hydrogens is 472 g/mol. The van der Waals surface area contributed by atoms with E-state index in [2.05, 4.69) is 50.8 Å². The van der Waals surface area contributed by atoms with E-state index in [-0.39, 0.29) is 0 Å². The van der Waals surface area contributed by atoms with Crippen molar-refractivity contribution in [1.82, 2.24) is 4.57 Å². The molecule has 5 rings (SSSR count). The molecule has 31 heavy (non-hydrogen) atoms. The summed E-state index contributed by atoms with van der Waals surface area (Å²) in [7, 11) is 0. The Morgan fingerprint density at radius 2 is 1.58 bits per heavy atom. The lowest BCUT2D eigenvalue weighted by Gasteiger charge is -2.09. The highest BCUT2D eigenvalue weighted by molar-refractivity contribution is 9.10. The Morgan fingerprint density at radius 1 is 0.871 bits per heavy atom. The van der Waals surface area contributed by atoms with Crippen LogP contribution in [0.15, 0.2) is 89.4 Å². The normalized spacial score (nSPS) is 11.3. The summed E-state index contributed by atoms with van der Waals surface area (Å²) in [5, 5.41) is 2.62. The molecule has 1 aromatic heterocycles. The smallest absolute Gasteiger partial charge is 0.249 e. The van der Waals surface area contributed by atoms with Gasteiger partial charge in [-0.15, -0.1) is 0 Å². The van der Waals surface area contributed by atoms with Crippen molar-refractivity contribution < 1.29 is 4.79 Å². The van der Waals surface area contributed by atoms with Crippen molar-refractivity contribution in [2.24, 2.45) is 5.73 Å². The molecule has 0 bridgehead atoms. The van der Waals surface area contributed by atoms with Gasteiger partial charge in [-0.25, -0.2) is 0 Å². The fraction of sp³-hybridized carbons (Fsp3) is 0.0385. The van der Waals surface area contributed by atoms with Crippen LogP contribution in [0.25, 0.3) is 32.9 Å². The predicted octanol–water partition coefficient (Wildman–Crippen LogP) is 7.02. The van der Waals surface area contributed by atoms with Crippen molar-refractivity contribution in [3.63, 3.8) is 0 Å². The number of hydrogen-bond donors (Lipinski definition) is 1. The molecule has 0 unspecified atom stereocenters. The Morgan fingerprint density at radius 3 is 2.29 bits per heavy atom. The van der Waals surface area contributed by atoms with Gasteiger partial charge in [-0.1, -0.05) is 70.0 Å². The molecule has 152 valence electrons. The Balaban J connectivity index is 1.78. The quantitative estimate of drug-likeness (QED) is 0.289. The summed E-state index contributed by atoms with van der Waals surface area (Å²) in [5.41, 5.74) is 11.6. The van der Waals surface area contributed by atoms with E-state index >= 15 is 0 Å². The first-order chi connectivity index (χ1) is 15.0. The number of amides is 1. The number of primary amides is 1. The lowest BCUT2D eigenvalue weighted by atomic mass is 10.0. The van der Waals surface area contributed by atoms with E-state index in [0.717, 1.165) is 37.4 Å². The fourth-order valence-corrected chi connectivity index (χ4v) is 4.50. The van der Waals surface area contributed by atoms with E-state index in [1.807, 2.05) is 48.5 Å². The highest BCUT2D eigenvalue weighted by Gasteiger charge is 2.17. The number of hydrogen-bond acceptors (Lipinski definition) is 1. The van der Waals surface area contributed by atoms with Crippen LogP contribution in [-0.4, -0.2) is 10.5 Å². The van der Waals surface area contributed by atoms with Crippen LogP contribution in [0.5, 0.6) is 0 Å². The van der Waals surface area contributed by atoms with Crippen molar-refractivity contribution in [3.8, 4) is 11.1 Å². The molecular formula is C26H18BrClN2O. The van der Waals surface area contributed by atoms with Crippen molar-refractivity contribution in [2.45, 2.75) is 6.54 Å². The maximum absolute atomic E-state index is 12.2. The lowest BCUT2D eigenvalue weighted by molar-refractivity contribution is 0.100. The zero-order valence-corrected chi connectivity index (χ0v) is 18.8. The second kappa shape index (κ2) is 7.88. The molecule has 0 spiro atoms. The van der Waals surface area contributed by atoms with Gasteiger partial charge in [-0.05, 0) is 59.2 Å². The maximum Gasteiger partial charge on any atom is 0.249 e. The van der Waals surface area contributed by atoms with Crippen LogP contribution in [0, 0.1) is 0 Å². The third-order valence-corrected chi connectivity index (χ3v) is 6.37. The summed E-state index contributed by atoms with van der Waals surface area (Å²) < 4.78 is 3.29. The highest BCUT2D eigenvalue weighted by atomic mass is 79.9. The van der Waals surface area contributed by atoms with Crippen LogP contribution in [0.2, 0.25) is 5.02 Å². The molecule has 1 heterocycles. The number of carbonyl (C=O) groups is 1. The minimum absolute atomic E-state index is 0.421. The lowest BCUT2D eigenvalue weighted by Crippen LogP contribution is -2.11. The topological polar surface area (TPSA) is 48.0 Å². The van der Waals surface area contributed by atoms with Crippen molar-refractivity contribution in [3.05, 3.63) is 106 Å². The molecule has 0 saturated carbocycles. The average Bonchev–Trinajstić information content (AvgIpc) is 3.09. The molecule has 0 saturated heterocycles. The molecule has 3 nitrogen and oxygen atoms in total. The molecule has 0 aliphatic rings. The molecule has 0 atom stereocenters. The number of carbonyl (C=O) groups excluding carboxylic acids is 1. The molecule has 2 N–H and O–H groups in total. The van der Waals surface area contributed by atoms with Gasteiger partial charge in [0.2, 0.25) is 5.91 Å². The number of benzene rings is 4. The summed E-state index contributed by atoms with van der Waals surface area (Å²) in [5.74, 6) is -0.421. The molecule has 0 fully saturated rings. The zero-order valence-electron chi connectivity index (χ0n) is 16.5. The van der Waals surface area contributed by atoms with Gasteiger partial charge < -0.3 is 10.3 Å². The van der Waals surface area contributed by atoms with E-state index in [0.29, 0.717) is 17.1 Å². The van der Waals surface area contributed by atoms with Gasteiger partial charge in [0, 0.05) is 32.4 Å². The first-order valence-electron chi connectivity index (χ1n) is 9.86. The molecule has 5 heteroatoms. The fourth-order valence-electron chi connectivity index (χ4n) is 4.11. The van der Waals surface area contributed by atoms with Crippen LogP contribution in [0.4, 0.5) is 0 Å². The van der Waals surface area contributed by atoms with Crippen LogP contribution < -0.4 is 5.73 Å². The van der Waals surface area contributed by atoms with Gasteiger partial charge >= 0.3 is 0 Å². The van der Waals surface area contributed by atoms with E-state index in [1.54, 1.807) is 6.07 Å². The standard InChI is InChI=1S/C26H18BrClN2O/c27-19-9-4-16(5-10-19)15-30-23-3-1-2-22(26(29)31)25(23)21-13-8-18(14-24(21)30)17-6-11-20(28)12-7-17/h1-14H,15H2,(H2,29,31). The van der Waals surface area contributed by atoms with Crippen LogP contribution in [0.1, 0.15) is 15.9 Å². The number of rotatable bonds is 4. The van der Waals surface area contributed by atoms with E-state index in [9.17, 15) is 4.79 Å². The van der Waals surface area contributed by atoms with Crippen molar-refractivity contribution >= 4 is 55.2 Å². The molecule has 1 amide bonds. The van der Waals surface area contributed by atoms with Crippen molar-refractivity contribution in [1.29, 1.82) is 0 Å². The summed E-state index contributed by atoms with van der Waals surface area (Å²) in [6.45, 7) is 0.680. The summed E-state index contributed by atoms with van der Waals surface area (Å²) in [4.78, 5) is 12.2. The number of nitrogens with zero attached hydrogens (tertiary/aromatic N) is 1. The maximum atomic E-state index is 12.2. The largest absolute Gasteiger partial charge is 0.366 e. The molecule has 0 aliphatic heterocycles. The zero-order chi connectivity index (χ0) is 21.5. The number of aromatic nitrogens is 1. The van der Waals surface area contributed by atoms with Crippen molar-refractivity contribution in [2.75, 3.05) is 0 Å². The minimum atomic E-state index is -0.421. The second-order valence-electron chi connectivity index (χ2n) is 7.52. The summed E-state index contributed by atoms with van der Waals surface area (Å²) in [6.07, 6.45) is 0. The Labute approximate surface area is 193 Å². The Bertz CT molecular complexity index is 1440. The molecule has 5 aromatic rings. The van der Waals surface area contributed by atoms with Gasteiger partial charge in [0.25, 0.3) is 0 Å². The van der Waals surface area contributed by atoms with Gasteiger partial charge in [-0.3, -0.25) is 4.79 Å². The Hall–Kier alpha value is -3.08. The van der Waals surface area contributed by atoms with E-state index in [4.69, 9.17) is 17.3 Å². The predicted molar refractivity (Wildman–Crippen MR) is 132 cm³/mol. The van der Waals surface area contributed by atoms with Gasteiger partial charge in [0.1, 0.15) is 0 Å². The number of fused-ring (bicyclic) bond motifs is 3. The second-order valence-corrected chi connectivity index (χ2v) is 8.87. The third kappa shape index (κ3) is 3.62. The molecule has 0 radical (unpaired) electrons. The van der Waals surface area contributed by atoms with Gasteiger partial charge in [0.15, 0.2) is 0 Å². The van der Waals surface area contributed by atoms with Gasteiger partial charge in [0.05, 0.1) is 11.0 Å². The molecule has 0 aliphatic carbocycles. The first kappa shape index (κ1) is 19.9. The van der Waals surface area contributed by atoms with Gasteiger partial charge in [-0.2, -0.15) is 0 Å². The monoisotopic (exact) mass is 488 g/mol. The Kier molecular flexibility index (Phi) is 5.05. The van der Waals surface area contributed by atoms with Crippen LogP contribution >= 0.6 is 27.5 Å². The average molecular weight is 490 g/mol. The minimum Gasteiger partial charge on any atom is -0.366 e.